The van der Waals surface area contributed by atoms with Gasteiger partial charge in [0.15, 0.2) is 0 Å². The number of hydrogen-bond donors (Lipinski definition) is 1. The van der Waals surface area contributed by atoms with Gasteiger partial charge in [-0.1, -0.05) is 13.0 Å². The predicted octanol–water partition coefficient (Wildman–Crippen LogP) is 3.77. The van der Waals surface area contributed by atoms with Crippen LogP contribution in [0.4, 0.5) is 10.1 Å². The van der Waals surface area contributed by atoms with Gasteiger partial charge in [0.1, 0.15) is 5.82 Å². The van der Waals surface area contributed by atoms with Crippen molar-refractivity contribution in [2.24, 2.45) is 0 Å². The van der Waals surface area contributed by atoms with Gasteiger partial charge in [-0.3, -0.25) is 0 Å². The lowest BCUT2D eigenvalue weighted by Crippen LogP contribution is -2.00. The van der Waals surface area contributed by atoms with E-state index < -0.39 is 0 Å². The highest BCUT2D eigenvalue weighted by Crippen LogP contribution is 2.20. The fourth-order valence-electron chi connectivity index (χ4n) is 1.57. The summed E-state index contributed by atoms with van der Waals surface area (Å²) in [7, 11) is 0. The van der Waals surface area contributed by atoms with E-state index in [1.54, 1.807) is 24.3 Å². The standard InChI is InChI=1S/C13H15FN2S/c1-3-13-16-8-10(17-13)7-15-12-6-4-5-11(14)9(12)2/h4-6,8,15H,3,7H2,1-2H3. The largest absolute Gasteiger partial charge is 0.380 e. The molecule has 0 unspecified atom stereocenters. The average molecular weight is 250 g/mol. The van der Waals surface area contributed by atoms with E-state index >= 15 is 0 Å². The van der Waals surface area contributed by atoms with Gasteiger partial charge in [0, 0.05) is 22.3 Å². The molecule has 1 aromatic carbocycles. The van der Waals surface area contributed by atoms with Crippen molar-refractivity contribution >= 4 is 17.0 Å². The van der Waals surface area contributed by atoms with Crippen molar-refractivity contribution < 1.29 is 4.39 Å². The molecule has 0 fully saturated rings. The summed E-state index contributed by atoms with van der Waals surface area (Å²) in [5.74, 6) is -0.173. The van der Waals surface area contributed by atoms with E-state index in [0.29, 0.717) is 12.1 Å². The van der Waals surface area contributed by atoms with Gasteiger partial charge < -0.3 is 5.32 Å². The number of aryl methyl sites for hydroxylation is 1. The third-order valence-electron chi connectivity index (χ3n) is 2.62. The molecule has 17 heavy (non-hydrogen) atoms. The predicted molar refractivity (Wildman–Crippen MR) is 70.0 cm³/mol. The molecule has 2 aromatic rings. The Bertz CT molecular complexity index is 508. The highest BCUT2D eigenvalue weighted by Gasteiger charge is 2.04. The second-order valence-electron chi connectivity index (χ2n) is 3.84. The van der Waals surface area contributed by atoms with Crippen LogP contribution >= 0.6 is 11.3 Å². The fraction of sp³-hybridized carbons (Fsp3) is 0.308. The average Bonchev–Trinajstić information content (AvgIpc) is 2.79. The maximum atomic E-state index is 13.3. The summed E-state index contributed by atoms with van der Waals surface area (Å²) in [5, 5.41) is 4.37. The molecule has 0 saturated carbocycles. The molecule has 1 aromatic heterocycles. The fourth-order valence-corrected chi connectivity index (χ4v) is 2.38. The van der Waals surface area contributed by atoms with Crippen LogP contribution in [0.5, 0.6) is 0 Å². The molecule has 0 saturated heterocycles. The Hall–Kier alpha value is -1.42. The zero-order chi connectivity index (χ0) is 12.3. The molecule has 4 heteroatoms. The van der Waals surface area contributed by atoms with E-state index in [9.17, 15) is 4.39 Å². The smallest absolute Gasteiger partial charge is 0.128 e. The summed E-state index contributed by atoms with van der Waals surface area (Å²) in [6.45, 7) is 4.57. The maximum absolute atomic E-state index is 13.3. The number of halogens is 1. The first-order chi connectivity index (χ1) is 8.20. The van der Waals surface area contributed by atoms with Crippen molar-refractivity contribution in [2.75, 3.05) is 5.32 Å². The third-order valence-corrected chi connectivity index (χ3v) is 3.77. The van der Waals surface area contributed by atoms with Crippen LogP contribution < -0.4 is 5.32 Å². The van der Waals surface area contributed by atoms with Gasteiger partial charge in [-0.2, -0.15) is 0 Å². The minimum absolute atomic E-state index is 0.173. The normalized spacial score (nSPS) is 10.5. The van der Waals surface area contributed by atoms with Crippen LogP contribution in [0.1, 0.15) is 22.4 Å². The van der Waals surface area contributed by atoms with Gasteiger partial charge in [-0.15, -0.1) is 11.3 Å². The zero-order valence-corrected chi connectivity index (χ0v) is 10.8. The molecule has 1 heterocycles. The second kappa shape index (κ2) is 5.27. The number of nitrogens with zero attached hydrogens (tertiary/aromatic N) is 1. The molecule has 2 nitrogen and oxygen atoms in total. The Morgan fingerprint density at radius 3 is 2.94 bits per heavy atom. The summed E-state index contributed by atoms with van der Waals surface area (Å²) in [6.07, 6.45) is 2.84. The molecule has 1 N–H and O–H groups in total. The molecule has 90 valence electrons. The van der Waals surface area contributed by atoms with Crippen LogP contribution in [0.2, 0.25) is 0 Å². The first-order valence-electron chi connectivity index (χ1n) is 5.63. The minimum Gasteiger partial charge on any atom is -0.380 e. The molecule has 0 amide bonds. The summed E-state index contributed by atoms with van der Waals surface area (Å²) < 4.78 is 13.3. The first-order valence-corrected chi connectivity index (χ1v) is 6.45. The number of anilines is 1. The maximum Gasteiger partial charge on any atom is 0.128 e. The van der Waals surface area contributed by atoms with Crippen molar-refractivity contribution in [3.63, 3.8) is 0 Å². The Labute approximate surface area is 105 Å². The first kappa shape index (κ1) is 12.0. The van der Waals surface area contributed by atoms with Crippen LogP contribution in [0.25, 0.3) is 0 Å². The number of aromatic nitrogens is 1. The van der Waals surface area contributed by atoms with E-state index in [2.05, 4.69) is 17.2 Å². The monoisotopic (exact) mass is 250 g/mol. The van der Waals surface area contributed by atoms with Crippen LogP contribution in [-0.2, 0) is 13.0 Å². The molecule has 2 rings (SSSR count). The van der Waals surface area contributed by atoms with E-state index in [4.69, 9.17) is 0 Å². The van der Waals surface area contributed by atoms with Gasteiger partial charge in [0.25, 0.3) is 0 Å². The lowest BCUT2D eigenvalue weighted by atomic mass is 10.2. The van der Waals surface area contributed by atoms with E-state index in [1.807, 2.05) is 12.3 Å². The highest BCUT2D eigenvalue weighted by molar-refractivity contribution is 7.11. The van der Waals surface area contributed by atoms with E-state index in [1.165, 1.54) is 10.9 Å². The lowest BCUT2D eigenvalue weighted by Gasteiger charge is -2.08. The number of benzene rings is 1. The third kappa shape index (κ3) is 2.82. The SMILES string of the molecule is CCc1ncc(CNc2cccc(F)c2C)s1. The van der Waals surface area contributed by atoms with Crippen molar-refractivity contribution in [2.45, 2.75) is 26.8 Å². The zero-order valence-electron chi connectivity index (χ0n) is 9.96. The topological polar surface area (TPSA) is 24.9 Å². The number of rotatable bonds is 4. The summed E-state index contributed by atoms with van der Waals surface area (Å²) >= 11 is 1.69. The van der Waals surface area contributed by atoms with Crippen LogP contribution in [-0.4, -0.2) is 4.98 Å². The van der Waals surface area contributed by atoms with Crippen LogP contribution in [0.3, 0.4) is 0 Å². The van der Waals surface area contributed by atoms with Crippen molar-refractivity contribution in [3.8, 4) is 0 Å². The van der Waals surface area contributed by atoms with Crippen LogP contribution in [0, 0.1) is 12.7 Å². The van der Waals surface area contributed by atoms with Crippen molar-refractivity contribution in [1.82, 2.24) is 4.98 Å². The summed E-state index contributed by atoms with van der Waals surface area (Å²) in [6, 6.07) is 5.08. The summed E-state index contributed by atoms with van der Waals surface area (Å²) in [5.41, 5.74) is 1.50. The number of thiazole rings is 1. The second-order valence-corrected chi connectivity index (χ2v) is 5.04. The minimum atomic E-state index is -0.173. The van der Waals surface area contributed by atoms with E-state index in [0.717, 1.165) is 17.1 Å². The molecule has 0 aliphatic carbocycles. The number of hydrogen-bond acceptors (Lipinski definition) is 3. The molecule has 0 radical (unpaired) electrons. The quantitative estimate of drug-likeness (QED) is 0.893. The molecule has 0 bridgehead atoms. The Kier molecular flexibility index (Phi) is 3.74. The summed E-state index contributed by atoms with van der Waals surface area (Å²) in [4.78, 5) is 5.46. The molecular weight excluding hydrogens is 235 g/mol. The Balaban J connectivity index is 2.04. The Morgan fingerprint density at radius 2 is 2.24 bits per heavy atom. The molecule has 0 aliphatic rings. The van der Waals surface area contributed by atoms with Crippen molar-refractivity contribution in [1.29, 1.82) is 0 Å². The van der Waals surface area contributed by atoms with Gasteiger partial charge >= 0.3 is 0 Å². The number of nitrogens with one attached hydrogen (secondary N) is 1. The van der Waals surface area contributed by atoms with E-state index in [-0.39, 0.29) is 5.82 Å². The van der Waals surface area contributed by atoms with Gasteiger partial charge in [0.2, 0.25) is 0 Å². The lowest BCUT2D eigenvalue weighted by molar-refractivity contribution is 0.619. The van der Waals surface area contributed by atoms with Gasteiger partial charge in [0.05, 0.1) is 11.6 Å². The molecular formula is C13H15FN2S. The van der Waals surface area contributed by atoms with Gasteiger partial charge in [-0.05, 0) is 25.5 Å². The highest BCUT2D eigenvalue weighted by atomic mass is 32.1. The molecule has 0 atom stereocenters. The van der Waals surface area contributed by atoms with Crippen LogP contribution in [0.15, 0.2) is 24.4 Å². The van der Waals surface area contributed by atoms with Crippen molar-refractivity contribution in [3.05, 3.63) is 45.7 Å². The molecule has 0 spiro atoms. The van der Waals surface area contributed by atoms with Gasteiger partial charge in [-0.25, -0.2) is 9.37 Å². The molecule has 0 aliphatic heterocycles. The Morgan fingerprint density at radius 1 is 1.41 bits per heavy atom.